The van der Waals surface area contributed by atoms with Crippen LogP contribution in [-0.2, 0) is 30.3 Å². The minimum atomic E-state index is -1.24. The smallest absolute Gasteiger partial charge is 0.408 e. The number of benzene rings is 2. The molecular formula is C38H53N3O6S. The van der Waals surface area contributed by atoms with Gasteiger partial charge in [-0.25, -0.2) is 9.59 Å². The first-order chi connectivity index (χ1) is 22.6. The number of hydrogen-bond donors (Lipinski definition) is 3. The number of thiol groups is 1. The normalized spacial score (nSPS) is 13.3. The van der Waals surface area contributed by atoms with Crippen molar-refractivity contribution in [3.63, 3.8) is 0 Å². The first-order valence-corrected chi connectivity index (χ1v) is 17.3. The lowest BCUT2D eigenvalue weighted by atomic mass is 9.96. The third-order valence-corrected chi connectivity index (χ3v) is 7.58. The fraction of sp³-hybridized carbons (Fsp3) is 0.526. The molecule has 2 aromatic rings. The number of carbonyl (C=O) groups excluding carboxylic acids is 4. The monoisotopic (exact) mass is 679 g/mol. The minimum absolute atomic E-state index is 0.0515. The number of nitrogens with zero attached hydrogens (tertiary/aromatic N) is 1. The van der Waals surface area contributed by atoms with Gasteiger partial charge >= 0.3 is 12.1 Å². The Morgan fingerprint density at radius 3 is 2.02 bits per heavy atom. The number of nitrogens with one attached hydrogen (secondary N) is 2. The molecule has 0 aliphatic heterocycles. The van der Waals surface area contributed by atoms with Gasteiger partial charge < -0.3 is 25.0 Å². The molecule has 0 radical (unpaired) electrons. The molecule has 9 nitrogen and oxygen atoms in total. The van der Waals surface area contributed by atoms with Gasteiger partial charge in [-0.15, -0.1) is 6.42 Å². The molecule has 262 valence electrons. The summed E-state index contributed by atoms with van der Waals surface area (Å²) in [7, 11) is 0. The van der Waals surface area contributed by atoms with Crippen LogP contribution in [0, 0.1) is 12.3 Å². The van der Waals surface area contributed by atoms with Gasteiger partial charge in [0.05, 0.1) is 0 Å². The molecule has 0 aliphatic rings. The second kappa shape index (κ2) is 19.1. The van der Waals surface area contributed by atoms with E-state index in [4.69, 9.17) is 15.9 Å². The molecule has 2 aromatic carbocycles. The molecule has 0 spiro atoms. The Balaban J connectivity index is 2.63. The summed E-state index contributed by atoms with van der Waals surface area (Å²) >= 11 is 4.38. The fourth-order valence-electron chi connectivity index (χ4n) is 5.07. The van der Waals surface area contributed by atoms with Gasteiger partial charge in [-0.1, -0.05) is 87.1 Å². The zero-order valence-electron chi connectivity index (χ0n) is 29.5. The number of carbonyl (C=O) groups is 4. The highest BCUT2D eigenvalue weighted by molar-refractivity contribution is 7.80. The Morgan fingerprint density at radius 2 is 1.44 bits per heavy atom. The van der Waals surface area contributed by atoms with Crippen LogP contribution in [0.15, 0.2) is 54.6 Å². The zero-order chi connectivity index (χ0) is 35.9. The number of esters is 1. The Hall–Kier alpha value is -3.97. The largest absolute Gasteiger partial charge is 0.458 e. The number of ether oxygens (including phenoxy) is 2. The predicted molar refractivity (Wildman–Crippen MR) is 193 cm³/mol. The molecule has 48 heavy (non-hydrogen) atoms. The molecule has 3 atom stereocenters. The van der Waals surface area contributed by atoms with Crippen LogP contribution in [-0.4, -0.2) is 64.4 Å². The second-order valence-corrected chi connectivity index (χ2v) is 14.1. The lowest BCUT2D eigenvalue weighted by molar-refractivity contribution is -0.159. The molecule has 0 aliphatic carbocycles. The number of alkyl carbamates (subject to hydrolysis) is 1. The van der Waals surface area contributed by atoms with Crippen molar-refractivity contribution in [2.24, 2.45) is 0 Å². The van der Waals surface area contributed by atoms with Gasteiger partial charge in [-0.05, 0) is 65.2 Å². The summed E-state index contributed by atoms with van der Waals surface area (Å²) in [5, 5.41) is 5.54. The summed E-state index contributed by atoms with van der Waals surface area (Å²) in [5.41, 5.74) is 0.0456. The van der Waals surface area contributed by atoms with Gasteiger partial charge in [-0.3, -0.25) is 9.59 Å². The van der Waals surface area contributed by atoms with Crippen LogP contribution in [0.25, 0.3) is 0 Å². The zero-order valence-corrected chi connectivity index (χ0v) is 30.4. The third-order valence-electron chi connectivity index (χ3n) is 7.22. The number of terminal acetylenes is 1. The lowest BCUT2D eigenvalue weighted by Gasteiger charge is -2.35. The van der Waals surface area contributed by atoms with Crippen molar-refractivity contribution in [2.45, 2.75) is 116 Å². The van der Waals surface area contributed by atoms with E-state index in [1.54, 1.807) is 65.8 Å². The number of hydrogen-bond acceptors (Lipinski definition) is 7. The molecule has 2 rings (SSSR count). The van der Waals surface area contributed by atoms with Gasteiger partial charge in [0.25, 0.3) is 0 Å². The summed E-state index contributed by atoms with van der Waals surface area (Å²) < 4.78 is 11.1. The number of unbranched alkanes of at least 4 members (excludes halogenated alkanes) is 4. The summed E-state index contributed by atoms with van der Waals surface area (Å²) in [6.45, 7) is 12.7. The van der Waals surface area contributed by atoms with E-state index in [1.807, 2.05) is 30.3 Å². The predicted octanol–water partition coefficient (Wildman–Crippen LogP) is 6.40. The quantitative estimate of drug-likeness (QED) is 0.0819. The second-order valence-electron chi connectivity index (χ2n) is 13.7. The highest BCUT2D eigenvalue weighted by Crippen LogP contribution is 2.27. The first-order valence-electron chi connectivity index (χ1n) is 16.6. The average Bonchev–Trinajstić information content (AvgIpc) is 3.01. The molecule has 0 aromatic heterocycles. The van der Waals surface area contributed by atoms with E-state index in [2.05, 4.69) is 36.1 Å². The summed E-state index contributed by atoms with van der Waals surface area (Å²) in [5.74, 6) is 0.839. The van der Waals surface area contributed by atoms with Crippen LogP contribution in [0.1, 0.15) is 103 Å². The van der Waals surface area contributed by atoms with Crippen molar-refractivity contribution in [2.75, 3.05) is 12.3 Å². The molecule has 3 unspecified atom stereocenters. The highest BCUT2D eigenvalue weighted by Gasteiger charge is 2.38. The van der Waals surface area contributed by atoms with Crippen molar-refractivity contribution < 1.29 is 28.7 Å². The molecule has 3 amide bonds. The minimum Gasteiger partial charge on any atom is -0.458 e. The topological polar surface area (TPSA) is 114 Å². The van der Waals surface area contributed by atoms with Crippen LogP contribution in [0.5, 0.6) is 0 Å². The van der Waals surface area contributed by atoms with Crippen molar-refractivity contribution in [1.29, 1.82) is 0 Å². The van der Waals surface area contributed by atoms with Crippen molar-refractivity contribution in [3.05, 3.63) is 71.3 Å². The Bertz CT molecular complexity index is 1390. The van der Waals surface area contributed by atoms with E-state index < -0.39 is 53.2 Å². The van der Waals surface area contributed by atoms with Crippen molar-refractivity contribution in [1.82, 2.24) is 15.5 Å². The van der Waals surface area contributed by atoms with Gasteiger partial charge in [0.1, 0.15) is 29.3 Å². The van der Waals surface area contributed by atoms with Crippen LogP contribution >= 0.6 is 12.6 Å². The SMILES string of the molecule is C#Cc1ccccc1C(C(=O)NC(Cc1ccccc1)C(=O)OC(C)(C)C)N(CCCCCCC)C(=O)C(CS)NC(=O)OC(C)(C)C. The average molecular weight is 680 g/mol. The Labute approximate surface area is 292 Å². The van der Waals surface area contributed by atoms with Crippen LogP contribution in [0.3, 0.4) is 0 Å². The molecule has 0 heterocycles. The van der Waals surface area contributed by atoms with E-state index in [9.17, 15) is 19.2 Å². The maximum atomic E-state index is 14.6. The fourth-order valence-corrected chi connectivity index (χ4v) is 5.32. The van der Waals surface area contributed by atoms with Crippen LogP contribution in [0.4, 0.5) is 4.79 Å². The molecule has 2 N–H and O–H groups in total. The van der Waals surface area contributed by atoms with Crippen molar-refractivity contribution >= 4 is 36.5 Å². The van der Waals surface area contributed by atoms with E-state index in [1.165, 1.54) is 4.90 Å². The van der Waals surface area contributed by atoms with Crippen LogP contribution < -0.4 is 10.6 Å². The van der Waals surface area contributed by atoms with Gasteiger partial charge in [-0.2, -0.15) is 12.6 Å². The standard InChI is InChI=1S/C38H53N3O6S/c1-9-11-12-13-19-24-41(34(43)31(26-48)40-36(45)47-38(6,7)8)32(29-23-18-17-22-28(29)10-2)33(42)39-30(35(44)46-37(3,4)5)25-27-20-15-14-16-21-27/h2,14-18,20-23,30-32,48H,9,11-13,19,24-26H2,1,3-8H3,(H,39,42)(H,40,45). The van der Waals surface area contributed by atoms with Crippen molar-refractivity contribution in [3.8, 4) is 12.3 Å². The summed E-state index contributed by atoms with van der Waals surface area (Å²) in [4.78, 5) is 56.7. The number of amides is 3. The van der Waals surface area contributed by atoms with Gasteiger partial charge in [0.2, 0.25) is 11.8 Å². The maximum Gasteiger partial charge on any atom is 0.408 e. The molecular weight excluding hydrogens is 627 g/mol. The van der Waals surface area contributed by atoms with E-state index >= 15 is 0 Å². The highest BCUT2D eigenvalue weighted by atomic mass is 32.1. The van der Waals surface area contributed by atoms with E-state index in [0.29, 0.717) is 17.5 Å². The van der Waals surface area contributed by atoms with E-state index in [-0.39, 0.29) is 18.7 Å². The molecule has 0 saturated heterocycles. The van der Waals surface area contributed by atoms with Crippen LogP contribution in [0.2, 0.25) is 0 Å². The Morgan fingerprint density at radius 1 is 0.833 bits per heavy atom. The first kappa shape index (κ1) is 40.2. The van der Waals surface area contributed by atoms with Gasteiger partial charge in [0, 0.05) is 24.3 Å². The third kappa shape index (κ3) is 13.6. The Kier molecular flexibility index (Phi) is 16.0. The summed E-state index contributed by atoms with van der Waals surface area (Å²) in [6.07, 6.45) is 9.74. The maximum absolute atomic E-state index is 14.6. The van der Waals surface area contributed by atoms with Gasteiger partial charge in [0.15, 0.2) is 0 Å². The molecule has 0 saturated carbocycles. The molecule has 0 fully saturated rings. The molecule has 10 heteroatoms. The molecule has 0 bridgehead atoms. The van der Waals surface area contributed by atoms with E-state index in [0.717, 1.165) is 31.2 Å². The summed E-state index contributed by atoms with van der Waals surface area (Å²) in [6, 6.07) is 12.8. The number of rotatable bonds is 16. The lowest BCUT2D eigenvalue weighted by Crippen LogP contribution is -2.55.